The molecule has 0 radical (unpaired) electrons. The fourth-order valence-electron chi connectivity index (χ4n) is 3.55. The number of Topliss-reactive ketones (excluding diaryl/α,β-unsaturated/α-hetero) is 1. The summed E-state index contributed by atoms with van der Waals surface area (Å²) in [7, 11) is 0. The number of carbonyl (C=O) groups excluding carboxylic acids is 2. The maximum Gasteiger partial charge on any atom is 0.339 e. The highest BCUT2D eigenvalue weighted by Crippen LogP contribution is 2.28. The fraction of sp³-hybridized carbons (Fsp3) is 0.148. The van der Waals surface area contributed by atoms with Crippen molar-refractivity contribution in [3.05, 3.63) is 101 Å². The number of rotatable bonds is 5. The quantitative estimate of drug-likeness (QED) is 0.302. The average molecular weight is 409 g/mol. The highest BCUT2D eigenvalue weighted by atomic mass is 16.5. The SMILES string of the molecule is Cc1ccc(-c2cc(C(=O)O[C@@H](C)C(=O)c3ccccc3)c3cccc(C)c3n2)cc1. The van der Waals surface area contributed by atoms with E-state index >= 15 is 0 Å². The van der Waals surface area contributed by atoms with Crippen LogP contribution in [0.25, 0.3) is 22.2 Å². The first-order valence-corrected chi connectivity index (χ1v) is 10.2. The molecule has 0 saturated carbocycles. The lowest BCUT2D eigenvalue weighted by Gasteiger charge is -2.15. The molecule has 0 spiro atoms. The number of benzene rings is 3. The van der Waals surface area contributed by atoms with Crippen LogP contribution in [0.2, 0.25) is 0 Å². The van der Waals surface area contributed by atoms with Crippen LogP contribution in [0.1, 0.15) is 38.8 Å². The van der Waals surface area contributed by atoms with Crippen LogP contribution < -0.4 is 0 Å². The van der Waals surface area contributed by atoms with Gasteiger partial charge in [0.25, 0.3) is 0 Å². The van der Waals surface area contributed by atoms with E-state index in [-0.39, 0.29) is 5.78 Å². The predicted octanol–water partition coefficient (Wildman–Crippen LogP) is 5.95. The van der Waals surface area contributed by atoms with Gasteiger partial charge in [0.2, 0.25) is 5.78 Å². The van der Waals surface area contributed by atoms with Gasteiger partial charge >= 0.3 is 5.97 Å². The van der Waals surface area contributed by atoms with Gasteiger partial charge in [0.05, 0.1) is 16.8 Å². The summed E-state index contributed by atoms with van der Waals surface area (Å²) < 4.78 is 5.59. The number of pyridine rings is 1. The molecule has 0 aliphatic rings. The number of ether oxygens (including phenoxy) is 1. The molecular formula is C27H23NO3. The van der Waals surface area contributed by atoms with E-state index in [2.05, 4.69) is 0 Å². The molecule has 3 aromatic carbocycles. The summed E-state index contributed by atoms with van der Waals surface area (Å²) in [5, 5.41) is 0.709. The van der Waals surface area contributed by atoms with E-state index in [1.54, 1.807) is 37.3 Å². The number of esters is 1. The van der Waals surface area contributed by atoms with Gasteiger partial charge in [-0.15, -0.1) is 0 Å². The lowest BCUT2D eigenvalue weighted by molar-refractivity contribution is 0.0320. The van der Waals surface area contributed by atoms with Crippen molar-refractivity contribution in [2.45, 2.75) is 26.9 Å². The standard InChI is InChI=1S/C27H23NO3/c1-17-12-14-20(15-13-17)24-16-23(22-11-7-8-18(2)25(22)28-24)27(30)31-19(3)26(29)21-9-5-4-6-10-21/h4-16,19H,1-3H3/t19-/m0/s1. The number of para-hydroxylation sites is 1. The van der Waals surface area contributed by atoms with Crippen molar-refractivity contribution < 1.29 is 14.3 Å². The second-order valence-corrected chi connectivity index (χ2v) is 7.67. The molecule has 4 heteroatoms. The number of aromatic nitrogens is 1. The van der Waals surface area contributed by atoms with E-state index in [9.17, 15) is 9.59 Å². The third kappa shape index (κ3) is 4.24. The van der Waals surface area contributed by atoms with Gasteiger partial charge in [0.15, 0.2) is 6.10 Å². The summed E-state index contributed by atoms with van der Waals surface area (Å²) in [5.74, 6) is -0.773. The highest BCUT2D eigenvalue weighted by Gasteiger charge is 2.23. The summed E-state index contributed by atoms with van der Waals surface area (Å²) >= 11 is 0. The van der Waals surface area contributed by atoms with Gasteiger partial charge in [-0.3, -0.25) is 4.79 Å². The van der Waals surface area contributed by atoms with Crippen molar-refractivity contribution in [1.82, 2.24) is 4.98 Å². The maximum atomic E-state index is 13.2. The van der Waals surface area contributed by atoms with E-state index in [0.717, 1.165) is 22.2 Å². The van der Waals surface area contributed by atoms with Gasteiger partial charge in [-0.2, -0.15) is 0 Å². The smallest absolute Gasteiger partial charge is 0.339 e. The zero-order chi connectivity index (χ0) is 22.0. The van der Waals surface area contributed by atoms with Gasteiger partial charge in [-0.05, 0) is 32.4 Å². The Bertz CT molecular complexity index is 1260. The highest BCUT2D eigenvalue weighted by molar-refractivity contribution is 6.07. The molecule has 154 valence electrons. The van der Waals surface area contributed by atoms with E-state index < -0.39 is 12.1 Å². The van der Waals surface area contributed by atoms with E-state index in [1.165, 1.54) is 0 Å². The van der Waals surface area contributed by atoms with E-state index in [1.807, 2.05) is 62.4 Å². The minimum absolute atomic E-state index is 0.234. The van der Waals surface area contributed by atoms with Crippen molar-refractivity contribution in [2.24, 2.45) is 0 Å². The Balaban J connectivity index is 1.73. The Morgan fingerprint density at radius 2 is 1.58 bits per heavy atom. The van der Waals surface area contributed by atoms with Gasteiger partial charge in [-0.1, -0.05) is 78.4 Å². The van der Waals surface area contributed by atoms with Crippen LogP contribution in [-0.2, 0) is 4.74 Å². The topological polar surface area (TPSA) is 56.3 Å². The molecule has 0 saturated heterocycles. The predicted molar refractivity (Wildman–Crippen MR) is 122 cm³/mol. The van der Waals surface area contributed by atoms with Crippen LogP contribution in [0.15, 0.2) is 78.9 Å². The first-order chi connectivity index (χ1) is 14.9. The molecule has 0 unspecified atom stereocenters. The lowest BCUT2D eigenvalue weighted by Crippen LogP contribution is -2.24. The Morgan fingerprint density at radius 3 is 2.29 bits per heavy atom. The van der Waals surface area contributed by atoms with Crippen LogP contribution in [0.4, 0.5) is 0 Å². The Hall–Kier alpha value is -3.79. The molecule has 4 aromatic rings. The van der Waals surface area contributed by atoms with E-state index in [0.29, 0.717) is 22.2 Å². The van der Waals surface area contributed by atoms with Crippen LogP contribution >= 0.6 is 0 Å². The largest absolute Gasteiger partial charge is 0.451 e. The molecule has 0 bridgehead atoms. The van der Waals surface area contributed by atoms with Crippen LogP contribution in [0.5, 0.6) is 0 Å². The monoisotopic (exact) mass is 409 g/mol. The molecule has 0 amide bonds. The maximum absolute atomic E-state index is 13.2. The van der Waals surface area contributed by atoms with Crippen molar-refractivity contribution in [2.75, 3.05) is 0 Å². The first kappa shape index (κ1) is 20.5. The molecule has 1 atom stereocenters. The summed E-state index contributed by atoms with van der Waals surface area (Å²) in [4.78, 5) is 30.6. The van der Waals surface area contributed by atoms with Crippen molar-refractivity contribution in [3.63, 3.8) is 0 Å². The first-order valence-electron chi connectivity index (χ1n) is 10.2. The third-order valence-electron chi connectivity index (χ3n) is 5.32. The van der Waals surface area contributed by atoms with E-state index in [4.69, 9.17) is 9.72 Å². The summed E-state index contributed by atoms with van der Waals surface area (Å²) in [6, 6.07) is 24.3. The molecule has 1 aromatic heterocycles. The number of fused-ring (bicyclic) bond motifs is 1. The second kappa shape index (κ2) is 8.52. The molecule has 1 heterocycles. The molecule has 0 aliphatic carbocycles. The number of ketones is 1. The number of carbonyl (C=O) groups is 2. The van der Waals surface area contributed by atoms with Gasteiger partial charge in [-0.25, -0.2) is 9.78 Å². The van der Waals surface area contributed by atoms with Crippen molar-refractivity contribution >= 4 is 22.7 Å². The molecule has 4 nitrogen and oxygen atoms in total. The molecule has 0 fully saturated rings. The van der Waals surface area contributed by atoms with Gasteiger partial charge in [0.1, 0.15) is 0 Å². The third-order valence-corrected chi connectivity index (χ3v) is 5.32. The van der Waals surface area contributed by atoms with Gasteiger partial charge < -0.3 is 4.74 Å². The van der Waals surface area contributed by atoms with Crippen molar-refractivity contribution in [1.29, 1.82) is 0 Å². The molecule has 4 rings (SSSR count). The van der Waals surface area contributed by atoms with Crippen LogP contribution in [0, 0.1) is 13.8 Å². The second-order valence-electron chi connectivity index (χ2n) is 7.67. The number of hydrogen-bond acceptors (Lipinski definition) is 4. The molecule has 0 aliphatic heterocycles. The summed E-state index contributed by atoms with van der Waals surface area (Å²) in [5.41, 5.74) is 5.38. The minimum atomic E-state index is -0.897. The molecular weight excluding hydrogens is 386 g/mol. The van der Waals surface area contributed by atoms with Gasteiger partial charge in [0, 0.05) is 16.5 Å². The zero-order valence-corrected chi connectivity index (χ0v) is 17.8. The van der Waals surface area contributed by atoms with Crippen LogP contribution in [-0.4, -0.2) is 22.8 Å². The minimum Gasteiger partial charge on any atom is -0.451 e. The zero-order valence-electron chi connectivity index (χ0n) is 17.8. The molecule has 0 N–H and O–H groups in total. The Labute approximate surface area is 181 Å². The lowest BCUT2D eigenvalue weighted by atomic mass is 10.0. The number of aryl methyl sites for hydroxylation is 2. The molecule has 31 heavy (non-hydrogen) atoms. The number of nitrogens with zero attached hydrogens (tertiary/aromatic N) is 1. The van der Waals surface area contributed by atoms with Crippen molar-refractivity contribution in [3.8, 4) is 11.3 Å². The Kier molecular flexibility index (Phi) is 5.63. The summed E-state index contributed by atoms with van der Waals surface area (Å²) in [6.07, 6.45) is -0.897. The van der Waals surface area contributed by atoms with Crippen LogP contribution in [0.3, 0.4) is 0 Å². The Morgan fingerprint density at radius 1 is 0.871 bits per heavy atom. The average Bonchev–Trinajstić information content (AvgIpc) is 2.79. The summed E-state index contributed by atoms with van der Waals surface area (Å²) in [6.45, 7) is 5.59. The normalized spacial score (nSPS) is 11.8. The number of hydrogen-bond donors (Lipinski definition) is 0. The fourth-order valence-corrected chi connectivity index (χ4v) is 3.55.